The molecule has 0 fully saturated rings. The Morgan fingerprint density at radius 2 is 1.71 bits per heavy atom. The van der Waals surface area contributed by atoms with Crippen LogP contribution >= 0.6 is 0 Å². The van der Waals surface area contributed by atoms with Crippen molar-refractivity contribution in [2.45, 2.75) is 39.5 Å². The van der Waals surface area contributed by atoms with Crippen LogP contribution in [0.4, 0.5) is 4.39 Å². The van der Waals surface area contributed by atoms with Gasteiger partial charge in [-0.25, -0.2) is 12.8 Å². The number of halogens is 1. The molecule has 0 bridgehead atoms. The van der Waals surface area contributed by atoms with Crippen LogP contribution in [0, 0.1) is 25.1 Å². The van der Waals surface area contributed by atoms with E-state index in [1.54, 1.807) is 20.8 Å². The molecule has 0 saturated heterocycles. The van der Waals surface area contributed by atoms with Gasteiger partial charge >= 0.3 is 0 Å². The smallest absolute Gasteiger partial charge is 0.243 e. The van der Waals surface area contributed by atoms with Crippen LogP contribution in [0.25, 0.3) is 0 Å². The third-order valence-electron chi connectivity index (χ3n) is 3.53. The summed E-state index contributed by atoms with van der Waals surface area (Å²) in [5.74, 6) is -0.422. The molecular formula is C15H25FN2O2S. The fraction of sp³-hybridized carbons (Fsp3) is 0.600. The summed E-state index contributed by atoms with van der Waals surface area (Å²) in [5, 5.41) is 0. The second-order valence-electron chi connectivity index (χ2n) is 6.17. The Hall–Kier alpha value is -0.980. The zero-order chi connectivity index (χ0) is 16.4. The zero-order valence-electron chi connectivity index (χ0n) is 13.4. The average Bonchev–Trinajstić information content (AvgIpc) is 2.34. The second kappa shape index (κ2) is 6.42. The predicted molar refractivity (Wildman–Crippen MR) is 83.1 cm³/mol. The van der Waals surface area contributed by atoms with Crippen molar-refractivity contribution >= 4 is 10.0 Å². The quantitative estimate of drug-likeness (QED) is 0.877. The van der Waals surface area contributed by atoms with Crippen LogP contribution in [0.3, 0.4) is 0 Å². The van der Waals surface area contributed by atoms with E-state index in [2.05, 4.69) is 0 Å². The Balaban J connectivity index is 3.32. The van der Waals surface area contributed by atoms with Crippen LogP contribution in [0.15, 0.2) is 17.0 Å². The molecule has 4 nitrogen and oxygen atoms in total. The van der Waals surface area contributed by atoms with Crippen LogP contribution < -0.4 is 5.73 Å². The maximum atomic E-state index is 13.4. The van der Waals surface area contributed by atoms with Gasteiger partial charge in [-0.1, -0.05) is 20.8 Å². The number of nitrogens with two attached hydrogens (primary N) is 1. The van der Waals surface area contributed by atoms with Crippen molar-refractivity contribution in [2.24, 2.45) is 11.1 Å². The van der Waals surface area contributed by atoms with Crippen LogP contribution in [0.1, 0.15) is 31.9 Å². The lowest BCUT2D eigenvalue weighted by Gasteiger charge is -2.31. The first-order valence-electron chi connectivity index (χ1n) is 7.02. The summed E-state index contributed by atoms with van der Waals surface area (Å²) in [7, 11) is -3.66. The van der Waals surface area contributed by atoms with Crippen molar-refractivity contribution in [1.82, 2.24) is 4.31 Å². The van der Waals surface area contributed by atoms with E-state index in [-0.39, 0.29) is 10.3 Å². The molecule has 120 valence electrons. The summed E-state index contributed by atoms with van der Waals surface area (Å²) in [4.78, 5) is 0.193. The van der Waals surface area contributed by atoms with Crippen molar-refractivity contribution < 1.29 is 12.8 Å². The molecule has 0 heterocycles. The predicted octanol–water partition coefficient (Wildman–Crippen LogP) is 2.44. The SMILES string of the molecule is CCN(CC(C)(C)CN)S(=O)(=O)c1c(C)cc(F)cc1C. The van der Waals surface area contributed by atoms with Crippen molar-refractivity contribution in [3.05, 3.63) is 29.1 Å². The standard InChI is InChI=1S/C15H25FN2O2S/c1-6-18(10-15(4,5)9-17)21(19,20)14-11(2)7-13(16)8-12(14)3/h7-8H,6,9-10,17H2,1-5H3. The molecule has 0 amide bonds. The molecule has 0 spiro atoms. The lowest BCUT2D eigenvalue weighted by atomic mass is 9.94. The highest BCUT2D eigenvalue weighted by molar-refractivity contribution is 7.89. The molecule has 1 aromatic rings. The summed E-state index contributed by atoms with van der Waals surface area (Å²) in [6.07, 6.45) is 0. The van der Waals surface area contributed by atoms with E-state index in [0.29, 0.717) is 30.8 Å². The Morgan fingerprint density at radius 3 is 2.10 bits per heavy atom. The average molecular weight is 316 g/mol. The highest BCUT2D eigenvalue weighted by atomic mass is 32.2. The summed E-state index contributed by atoms with van der Waals surface area (Å²) in [6, 6.07) is 2.50. The normalized spacial score (nSPS) is 13.0. The molecule has 6 heteroatoms. The Kier molecular flexibility index (Phi) is 5.52. The number of aryl methyl sites for hydroxylation is 2. The molecule has 0 aliphatic carbocycles. The molecule has 1 rings (SSSR count). The summed E-state index contributed by atoms with van der Waals surface area (Å²) < 4.78 is 40.5. The van der Waals surface area contributed by atoms with E-state index in [1.807, 2.05) is 13.8 Å². The van der Waals surface area contributed by atoms with Gasteiger partial charge in [-0.2, -0.15) is 4.31 Å². The molecule has 0 aliphatic heterocycles. The van der Waals surface area contributed by atoms with Gasteiger partial charge in [0.1, 0.15) is 5.82 Å². The lowest BCUT2D eigenvalue weighted by molar-refractivity contribution is 0.273. The highest BCUT2D eigenvalue weighted by Crippen LogP contribution is 2.27. The Bertz CT molecular complexity index is 589. The van der Waals surface area contributed by atoms with Gasteiger partial charge in [-0.05, 0) is 49.1 Å². The molecule has 21 heavy (non-hydrogen) atoms. The van der Waals surface area contributed by atoms with Crippen LogP contribution in [0.2, 0.25) is 0 Å². The minimum absolute atomic E-state index is 0.193. The Morgan fingerprint density at radius 1 is 1.24 bits per heavy atom. The fourth-order valence-corrected chi connectivity index (χ4v) is 4.39. The molecule has 0 atom stereocenters. The number of hydrogen-bond acceptors (Lipinski definition) is 3. The third-order valence-corrected chi connectivity index (χ3v) is 5.76. The van der Waals surface area contributed by atoms with E-state index in [9.17, 15) is 12.8 Å². The molecule has 0 aliphatic rings. The monoisotopic (exact) mass is 316 g/mol. The van der Waals surface area contributed by atoms with Gasteiger partial charge in [0.15, 0.2) is 0 Å². The Labute approximate surface area is 127 Å². The van der Waals surface area contributed by atoms with Crippen LogP contribution in [-0.4, -0.2) is 32.4 Å². The van der Waals surface area contributed by atoms with E-state index in [4.69, 9.17) is 5.73 Å². The first-order valence-corrected chi connectivity index (χ1v) is 8.46. The highest BCUT2D eigenvalue weighted by Gasteiger charge is 2.31. The number of hydrogen-bond donors (Lipinski definition) is 1. The fourth-order valence-electron chi connectivity index (χ4n) is 2.34. The molecule has 0 saturated carbocycles. The second-order valence-corrected chi connectivity index (χ2v) is 8.04. The van der Waals surface area contributed by atoms with Crippen molar-refractivity contribution in [1.29, 1.82) is 0 Å². The summed E-state index contributed by atoms with van der Waals surface area (Å²) in [6.45, 7) is 9.94. The van der Waals surface area contributed by atoms with Crippen molar-refractivity contribution in [3.8, 4) is 0 Å². The van der Waals surface area contributed by atoms with Gasteiger partial charge in [0.25, 0.3) is 0 Å². The van der Waals surface area contributed by atoms with Gasteiger partial charge in [-0.15, -0.1) is 0 Å². The van der Waals surface area contributed by atoms with Crippen molar-refractivity contribution in [2.75, 3.05) is 19.6 Å². The van der Waals surface area contributed by atoms with E-state index < -0.39 is 15.8 Å². The van der Waals surface area contributed by atoms with Gasteiger partial charge in [0.05, 0.1) is 4.90 Å². The van der Waals surface area contributed by atoms with Crippen LogP contribution in [-0.2, 0) is 10.0 Å². The first-order chi connectivity index (χ1) is 9.55. The van der Waals surface area contributed by atoms with Crippen molar-refractivity contribution in [3.63, 3.8) is 0 Å². The van der Waals surface area contributed by atoms with E-state index in [0.717, 1.165) is 0 Å². The number of nitrogens with zero attached hydrogens (tertiary/aromatic N) is 1. The van der Waals surface area contributed by atoms with Gasteiger partial charge in [0, 0.05) is 13.1 Å². The molecule has 0 aromatic heterocycles. The first kappa shape index (κ1) is 18.1. The molecule has 2 N–H and O–H groups in total. The van der Waals surface area contributed by atoms with Gasteiger partial charge in [0.2, 0.25) is 10.0 Å². The van der Waals surface area contributed by atoms with Crippen LogP contribution in [0.5, 0.6) is 0 Å². The van der Waals surface area contributed by atoms with Gasteiger partial charge < -0.3 is 5.73 Å². The van der Waals surface area contributed by atoms with E-state index >= 15 is 0 Å². The minimum Gasteiger partial charge on any atom is -0.330 e. The largest absolute Gasteiger partial charge is 0.330 e. The summed E-state index contributed by atoms with van der Waals surface area (Å²) >= 11 is 0. The van der Waals surface area contributed by atoms with Gasteiger partial charge in [-0.3, -0.25) is 0 Å². The zero-order valence-corrected chi connectivity index (χ0v) is 14.2. The lowest BCUT2D eigenvalue weighted by Crippen LogP contribution is -2.42. The molecule has 0 radical (unpaired) electrons. The molecular weight excluding hydrogens is 291 g/mol. The minimum atomic E-state index is -3.66. The number of benzene rings is 1. The third kappa shape index (κ3) is 4.02. The topological polar surface area (TPSA) is 63.4 Å². The molecule has 0 unspecified atom stereocenters. The molecule has 1 aromatic carbocycles. The number of rotatable bonds is 6. The van der Waals surface area contributed by atoms with E-state index in [1.165, 1.54) is 16.4 Å². The summed E-state index contributed by atoms with van der Waals surface area (Å²) in [5.41, 5.74) is 6.24. The number of sulfonamides is 1. The maximum Gasteiger partial charge on any atom is 0.243 e. The maximum absolute atomic E-state index is 13.4.